The molecule has 2 heterocycles. The maximum atomic E-state index is 12.9. The molecule has 3 rings (SSSR count). The molecule has 0 unspecified atom stereocenters. The van der Waals surface area contributed by atoms with Gasteiger partial charge in [-0.15, -0.1) is 11.3 Å². The molecule has 1 aliphatic heterocycles. The highest BCUT2D eigenvalue weighted by molar-refractivity contribution is 7.89. The van der Waals surface area contributed by atoms with Crippen LogP contribution in [0.15, 0.2) is 40.6 Å². The topological polar surface area (TPSA) is 69.7 Å². The van der Waals surface area contributed by atoms with E-state index in [4.69, 9.17) is 0 Å². The average molecular weight is 394 g/mol. The summed E-state index contributed by atoms with van der Waals surface area (Å²) in [6.07, 6.45) is 0. The van der Waals surface area contributed by atoms with Gasteiger partial charge in [-0.2, -0.15) is 0 Å². The smallest absolute Gasteiger partial charge is 0.254 e. The molecule has 140 valence electrons. The number of amides is 1. The fourth-order valence-corrected chi connectivity index (χ4v) is 4.52. The fraction of sp³-hybridized carbons (Fsp3) is 0.389. The minimum absolute atomic E-state index is 0.105. The molecule has 0 atom stereocenters. The number of nitrogens with one attached hydrogen (secondary N) is 1. The van der Waals surface area contributed by atoms with E-state index < -0.39 is 10.0 Å². The van der Waals surface area contributed by atoms with Crippen molar-refractivity contribution < 1.29 is 13.2 Å². The number of piperazine rings is 1. The van der Waals surface area contributed by atoms with E-state index in [2.05, 4.69) is 27.1 Å². The number of aryl methyl sites for hydroxylation is 1. The van der Waals surface area contributed by atoms with E-state index in [1.807, 2.05) is 11.8 Å². The second-order valence-corrected chi connectivity index (χ2v) is 9.25. The van der Waals surface area contributed by atoms with Gasteiger partial charge in [0.15, 0.2) is 0 Å². The first-order valence-electron chi connectivity index (χ1n) is 8.49. The van der Waals surface area contributed by atoms with E-state index in [0.29, 0.717) is 18.7 Å². The fourth-order valence-electron chi connectivity index (χ4n) is 3.02. The van der Waals surface area contributed by atoms with Gasteiger partial charge in [-0.3, -0.25) is 9.69 Å². The van der Waals surface area contributed by atoms with Crippen molar-refractivity contribution >= 4 is 27.3 Å². The molecule has 0 spiro atoms. The summed E-state index contributed by atoms with van der Waals surface area (Å²) in [4.78, 5) is 18.5. The lowest BCUT2D eigenvalue weighted by Gasteiger charge is -2.34. The lowest BCUT2D eigenvalue weighted by atomic mass is 10.1. The van der Waals surface area contributed by atoms with Crippen LogP contribution >= 0.6 is 11.3 Å². The van der Waals surface area contributed by atoms with Crippen LogP contribution in [0.4, 0.5) is 0 Å². The number of carbonyl (C=O) groups is 1. The molecule has 0 aliphatic carbocycles. The SMILES string of the molecule is CNS(=O)(=O)c1ccc(C)c(C(=O)N2CCN(Cc3cccs3)CC2)c1. The zero-order valence-corrected chi connectivity index (χ0v) is 16.6. The summed E-state index contributed by atoms with van der Waals surface area (Å²) >= 11 is 1.74. The van der Waals surface area contributed by atoms with E-state index in [1.165, 1.54) is 24.1 Å². The van der Waals surface area contributed by atoms with Crippen molar-refractivity contribution in [2.45, 2.75) is 18.4 Å². The molecule has 1 N–H and O–H groups in total. The Bertz CT molecular complexity index is 871. The highest BCUT2D eigenvalue weighted by Crippen LogP contribution is 2.19. The molecule has 26 heavy (non-hydrogen) atoms. The molecule has 2 aromatic rings. The van der Waals surface area contributed by atoms with Gasteiger partial charge in [-0.05, 0) is 43.1 Å². The summed E-state index contributed by atoms with van der Waals surface area (Å²) in [7, 11) is -2.20. The zero-order valence-electron chi connectivity index (χ0n) is 14.9. The average Bonchev–Trinajstić information content (AvgIpc) is 3.15. The van der Waals surface area contributed by atoms with Crippen LogP contribution in [0.25, 0.3) is 0 Å². The molecular formula is C18H23N3O3S2. The predicted molar refractivity (Wildman–Crippen MR) is 103 cm³/mol. The highest BCUT2D eigenvalue weighted by Gasteiger charge is 2.24. The lowest BCUT2D eigenvalue weighted by Crippen LogP contribution is -2.48. The molecule has 0 bridgehead atoms. The Hall–Kier alpha value is -1.74. The van der Waals surface area contributed by atoms with Gasteiger partial charge >= 0.3 is 0 Å². The van der Waals surface area contributed by atoms with Crippen LogP contribution in [-0.4, -0.2) is 57.4 Å². The summed E-state index contributed by atoms with van der Waals surface area (Å²) in [5.74, 6) is -0.105. The first-order valence-corrected chi connectivity index (χ1v) is 10.9. The summed E-state index contributed by atoms with van der Waals surface area (Å²) in [5.41, 5.74) is 1.24. The molecular weight excluding hydrogens is 370 g/mol. The summed E-state index contributed by atoms with van der Waals surface area (Å²) in [6.45, 7) is 5.67. The van der Waals surface area contributed by atoms with Gasteiger partial charge in [0.05, 0.1) is 4.90 Å². The molecule has 1 fully saturated rings. The second-order valence-electron chi connectivity index (χ2n) is 6.33. The third kappa shape index (κ3) is 4.15. The third-order valence-electron chi connectivity index (χ3n) is 4.64. The molecule has 1 amide bonds. The van der Waals surface area contributed by atoms with Crippen molar-refractivity contribution in [2.75, 3.05) is 33.2 Å². The molecule has 6 nitrogen and oxygen atoms in total. The quantitative estimate of drug-likeness (QED) is 0.843. The van der Waals surface area contributed by atoms with E-state index >= 15 is 0 Å². The Balaban J connectivity index is 1.69. The minimum Gasteiger partial charge on any atom is -0.336 e. The standard InChI is InChI=1S/C18H23N3O3S2/c1-14-5-6-16(26(23,24)19-2)12-17(14)18(22)21-9-7-20(8-10-21)13-15-4-3-11-25-15/h3-6,11-12,19H,7-10,13H2,1-2H3. The number of benzene rings is 1. The summed E-state index contributed by atoms with van der Waals surface area (Å²) in [5, 5.41) is 2.07. The van der Waals surface area contributed by atoms with E-state index in [9.17, 15) is 13.2 Å². The van der Waals surface area contributed by atoms with Gasteiger partial charge in [0.25, 0.3) is 5.91 Å². The van der Waals surface area contributed by atoms with Crippen molar-refractivity contribution in [1.29, 1.82) is 0 Å². The van der Waals surface area contributed by atoms with E-state index in [0.717, 1.165) is 25.2 Å². The summed E-state index contributed by atoms with van der Waals surface area (Å²) in [6, 6.07) is 8.86. The first-order chi connectivity index (χ1) is 12.4. The van der Waals surface area contributed by atoms with Crippen molar-refractivity contribution in [3.8, 4) is 0 Å². The van der Waals surface area contributed by atoms with Gasteiger partial charge in [0, 0.05) is 43.2 Å². The maximum absolute atomic E-state index is 12.9. The van der Waals surface area contributed by atoms with Crippen LogP contribution in [0.3, 0.4) is 0 Å². The van der Waals surface area contributed by atoms with Crippen LogP contribution < -0.4 is 4.72 Å². The molecule has 1 aromatic carbocycles. The van der Waals surface area contributed by atoms with Gasteiger partial charge < -0.3 is 4.90 Å². The second kappa shape index (κ2) is 7.87. The number of hydrogen-bond acceptors (Lipinski definition) is 5. The Morgan fingerprint density at radius 2 is 1.92 bits per heavy atom. The van der Waals surface area contributed by atoms with Crippen LogP contribution in [0, 0.1) is 6.92 Å². The number of carbonyl (C=O) groups excluding carboxylic acids is 1. The lowest BCUT2D eigenvalue weighted by molar-refractivity contribution is 0.0628. The zero-order chi connectivity index (χ0) is 18.7. The van der Waals surface area contributed by atoms with Gasteiger partial charge in [-0.1, -0.05) is 12.1 Å². The Kier molecular flexibility index (Phi) is 5.76. The van der Waals surface area contributed by atoms with Gasteiger partial charge in [-0.25, -0.2) is 13.1 Å². The first kappa shape index (κ1) is 19.0. The van der Waals surface area contributed by atoms with Gasteiger partial charge in [0.1, 0.15) is 0 Å². The third-order valence-corrected chi connectivity index (χ3v) is 6.91. The van der Waals surface area contributed by atoms with Crippen LogP contribution in [0.2, 0.25) is 0 Å². The number of hydrogen-bond donors (Lipinski definition) is 1. The van der Waals surface area contributed by atoms with Gasteiger partial charge in [0.2, 0.25) is 10.0 Å². The Labute approximate surface area is 158 Å². The molecule has 0 saturated carbocycles. The number of thiophene rings is 1. The van der Waals surface area contributed by atoms with Crippen molar-refractivity contribution in [3.63, 3.8) is 0 Å². The van der Waals surface area contributed by atoms with Crippen molar-refractivity contribution in [1.82, 2.24) is 14.5 Å². The number of sulfonamides is 1. The van der Waals surface area contributed by atoms with Crippen LogP contribution in [-0.2, 0) is 16.6 Å². The Morgan fingerprint density at radius 1 is 1.19 bits per heavy atom. The molecule has 0 radical (unpaired) electrons. The maximum Gasteiger partial charge on any atom is 0.254 e. The van der Waals surface area contributed by atoms with Crippen molar-refractivity contribution in [3.05, 3.63) is 51.7 Å². The van der Waals surface area contributed by atoms with E-state index in [1.54, 1.807) is 17.4 Å². The molecule has 8 heteroatoms. The number of rotatable bonds is 5. The minimum atomic E-state index is -3.57. The summed E-state index contributed by atoms with van der Waals surface area (Å²) < 4.78 is 26.3. The van der Waals surface area contributed by atoms with Crippen LogP contribution in [0.5, 0.6) is 0 Å². The van der Waals surface area contributed by atoms with Crippen molar-refractivity contribution in [2.24, 2.45) is 0 Å². The largest absolute Gasteiger partial charge is 0.336 e. The molecule has 1 saturated heterocycles. The predicted octanol–water partition coefficient (Wildman–Crippen LogP) is 1.92. The molecule has 1 aromatic heterocycles. The normalized spacial score (nSPS) is 16.0. The van der Waals surface area contributed by atoms with E-state index in [-0.39, 0.29) is 10.8 Å². The Morgan fingerprint density at radius 3 is 2.54 bits per heavy atom. The highest BCUT2D eigenvalue weighted by atomic mass is 32.2. The molecule has 1 aliphatic rings. The van der Waals surface area contributed by atoms with Crippen LogP contribution in [0.1, 0.15) is 20.8 Å². The monoisotopic (exact) mass is 393 g/mol. The number of nitrogens with zero attached hydrogens (tertiary/aromatic N) is 2.